The summed E-state index contributed by atoms with van der Waals surface area (Å²) in [6.45, 7) is 9.13. The zero-order valence-corrected chi connectivity index (χ0v) is 17.0. The van der Waals surface area contributed by atoms with Crippen LogP contribution in [0.2, 0.25) is 0 Å². The number of aromatic hydroxyl groups is 1. The second-order valence-corrected chi connectivity index (χ2v) is 6.57. The van der Waals surface area contributed by atoms with Gasteiger partial charge in [-0.1, -0.05) is 61.7 Å². The van der Waals surface area contributed by atoms with Gasteiger partial charge in [0.1, 0.15) is 11.5 Å². The fourth-order valence-corrected chi connectivity index (χ4v) is 3.06. The molecule has 1 aromatic heterocycles. The summed E-state index contributed by atoms with van der Waals surface area (Å²) >= 11 is 0. The maximum atomic E-state index is 13.2. The Labute approximate surface area is 179 Å². The summed E-state index contributed by atoms with van der Waals surface area (Å²) in [7, 11) is 0. The van der Waals surface area contributed by atoms with Crippen molar-refractivity contribution in [2.24, 2.45) is 5.10 Å². The summed E-state index contributed by atoms with van der Waals surface area (Å²) in [5, 5.41) is 17.2. The van der Waals surface area contributed by atoms with Gasteiger partial charge < -0.3 is 5.11 Å². The SMILES string of the molecule is C=C/C=C(\C=C)n1[nH]c(C)c(C(=NNC(=O)c2ccccc2O)c2ccccc2)c1=O. The van der Waals surface area contributed by atoms with E-state index in [9.17, 15) is 14.7 Å². The lowest BCUT2D eigenvalue weighted by Gasteiger charge is -2.07. The lowest BCUT2D eigenvalue weighted by Crippen LogP contribution is -2.25. The van der Waals surface area contributed by atoms with Gasteiger partial charge in [0.2, 0.25) is 0 Å². The van der Waals surface area contributed by atoms with E-state index in [1.54, 1.807) is 43.3 Å². The number of aromatic amines is 1. The van der Waals surface area contributed by atoms with Crippen LogP contribution in [0.1, 0.15) is 27.2 Å². The van der Waals surface area contributed by atoms with Crippen LogP contribution in [-0.2, 0) is 0 Å². The molecule has 1 heterocycles. The van der Waals surface area contributed by atoms with Crippen LogP contribution in [0.25, 0.3) is 5.70 Å². The van der Waals surface area contributed by atoms with Crippen molar-refractivity contribution < 1.29 is 9.90 Å². The number of amides is 1. The maximum absolute atomic E-state index is 13.2. The average Bonchev–Trinajstić information content (AvgIpc) is 3.07. The van der Waals surface area contributed by atoms with Gasteiger partial charge in [-0.3, -0.25) is 14.7 Å². The van der Waals surface area contributed by atoms with Crippen LogP contribution in [0.15, 0.2) is 95.9 Å². The number of hydrazone groups is 1. The van der Waals surface area contributed by atoms with E-state index < -0.39 is 5.91 Å². The minimum absolute atomic E-state index is 0.0738. The summed E-state index contributed by atoms with van der Waals surface area (Å²) in [6, 6.07) is 15.2. The van der Waals surface area contributed by atoms with Crippen molar-refractivity contribution in [2.45, 2.75) is 6.92 Å². The zero-order chi connectivity index (χ0) is 22.4. The third-order valence-corrected chi connectivity index (χ3v) is 4.53. The molecule has 0 bridgehead atoms. The van der Waals surface area contributed by atoms with Gasteiger partial charge in [-0.05, 0) is 31.2 Å². The largest absolute Gasteiger partial charge is 0.507 e. The van der Waals surface area contributed by atoms with Gasteiger partial charge in [-0.2, -0.15) is 5.10 Å². The van der Waals surface area contributed by atoms with Crippen LogP contribution in [0.4, 0.5) is 0 Å². The average molecular weight is 414 g/mol. The molecule has 0 atom stereocenters. The standard InChI is InChI=1S/C24H22N4O3/c1-4-11-18(5-2)28-24(31)21(16(3)27-28)22(17-12-7-6-8-13-17)25-26-23(30)19-14-9-10-15-20(19)29/h4-15,27,29H,1-2H2,3H3,(H,26,30)/b18-11+,25-22?. The van der Waals surface area contributed by atoms with Gasteiger partial charge in [-0.15, -0.1) is 0 Å². The Hall–Kier alpha value is -4.39. The molecular formula is C24H22N4O3. The number of hydrogen-bond donors (Lipinski definition) is 3. The van der Waals surface area contributed by atoms with Crippen LogP contribution >= 0.6 is 0 Å². The van der Waals surface area contributed by atoms with Crippen LogP contribution < -0.4 is 11.0 Å². The number of aromatic nitrogens is 2. The Bertz CT molecular complexity index is 1250. The van der Waals surface area contributed by atoms with Crippen molar-refractivity contribution in [2.75, 3.05) is 0 Å². The summed E-state index contributed by atoms with van der Waals surface area (Å²) in [5.74, 6) is -0.764. The van der Waals surface area contributed by atoms with Crippen molar-refractivity contribution in [1.29, 1.82) is 0 Å². The van der Waals surface area contributed by atoms with E-state index in [0.717, 1.165) is 0 Å². The summed E-state index contributed by atoms with van der Waals surface area (Å²) in [5.41, 5.74) is 4.44. The first-order valence-electron chi connectivity index (χ1n) is 9.47. The molecule has 7 nitrogen and oxygen atoms in total. The number of nitrogens with one attached hydrogen (secondary N) is 2. The van der Waals surface area contributed by atoms with Gasteiger partial charge in [-0.25, -0.2) is 10.1 Å². The first-order valence-corrected chi connectivity index (χ1v) is 9.47. The maximum Gasteiger partial charge on any atom is 0.281 e. The molecule has 0 aliphatic rings. The highest BCUT2D eigenvalue weighted by Crippen LogP contribution is 2.16. The second-order valence-electron chi connectivity index (χ2n) is 6.57. The van der Waals surface area contributed by atoms with E-state index in [2.05, 4.69) is 28.8 Å². The summed E-state index contributed by atoms with van der Waals surface area (Å²) in [4.78, 5) is 25.8. The molecule has 0 saturated carbocycles. The minimum Gasteiger partial charge on any atom is -0.507 e. The number of rotatable bonds is 7. The molecule has 0 fully saturated rings. The van der Waals surface area contributed by atoms with Crippen LogP contribution in [0.3, 0.4) is 0 Å². The Morgan fingerprint density at radius 1 is 1.13 bits per heavy atom. The molecule has 7 heteroatoms. The molecule has 3 aromatic rings. The predicted octanol–water partition coefficient (Wildman–Crippen LogP) is 3.59. The molecule has 1 amide bonds. The van der Waals surface area contributed by atoms with Crippen LogP contribution in [0.5, 0.6) is 5.75 Å². The molecule has 0 unspecified atom stereocenters. The third-order valence-electron chi connectivity index (χ3n) is 4.53. The highest BCUT2D eigenvalue weighted by Gasteiger charge is 2.20. The molecule has 3 N–H and O–H groups in total. The lowest BCUT2D eigenvalue weighted by atomic mass is 10.0. The molecule has 0 spiro atoms. The van der Waals surface area contributed by atoms with Gasteiger partial charge in [0.15, 0.2) is 0 Å². The molecule has 0 aliphatic heterocycles. The van der Waals surface area contributed by atoms with Gasteiger partial charge in [0, 0.05) is 11.3 Å². The van der Waals surface area contributed by atoms with Crippen LogP contribution in [-0.4, -0.2) is 26.5 Å². The number of phenols is 1. The van der Waals surface area contributed by atoms with Crippen molar-refractivity contribution >= 4 is 17.3 Å². The Morgan fingerprint density at radius 3 is 2.45 bits per heavy atom. The number of phenolic OH excluding ortho intramolecular Hbond substituents is 1. The molecule has 0 aliphatic carbocycles. The number of allylic oxidation sites excluding steroid dienone is 4. The van der Waals surface area contributed by atoms with E-state index >= 15 is 0 Å². The Kier molecular flexibility index (Phi) is 6.47. The number of aryl methyl sites for hydroxylation is 1. The molecular weight excluding hydrogens is 392 g/mol. The molecule has 0 radical (unpaired) electrons. The Morgan fingerprint density at radius 2 is 1.81 bits per heavy atom. The van der Waals surface area contributed by atoms with E-state index in [1.165, 1.54) is 22.9 Å². The number of carbonyl (C=O) groups excluding carboxylic acids is 1. The number of carbonyl (C=O) groups is 1. The van der Waals surface area contributed by atoms with E-state index in [0.29, 0.717) is 22.5 Å². The van der Waals surface area contributed by atoms with E-state index in [-0.39, 0.29) is 22.6 Å². The minimum atomic E-state index is -0.599. The van der Waals surface area contributed by atoms with Gasteiger partial charge in [0.05, 0.1) is 16.8 Å². The highest BCUT2D eigenvalue weighted by atomic mass is 16.3. The fraction of sp³-hybridized carbons (Fsp3) is 0.0417. The first kappa shape index (κ1) is 21.3. The van der Waals surface area contributed by atoms with Crippen molar-refractivity contribution in [1.82, 2.24) is 15.2 Å². The lowest BCUT2D eigenvalue weighted by molar-refractivity contribution is 0.0952. The first-order chi connectivity index (χ1) is 15.0. The smallest absolute Gasteiger partial charge is 0.281 e. The highest BCUT2D eigenvalue weighted by molar-refractivity contribution is 6.14. The molecule has 3 rings (SSSR count). The second kappa shape index (κ2) is 9.41. The van der Waals surface area contributed by atoms with Gasteiger partial charge >= 0.3 is 0 Å². The van der Waals surface area contributed by atoms with Gasteiger partial charge in [0.25, 0.3) is 11.5 Å². The molecule has 2 aromatic carbocycles. The monoisotopic (exact) mass is 414 g/mol. The summed E-state index contributed by atoms with van der Waals surface area (Å²) < 4.78 is 1.34. The van der Waals surface area contributed by atoms with Crippen LogP contribution in [0, 0.1) is 6.92 Å². The third kappa shape index (κ3) is 4.45. The number of para-hydroxylation sites is 1. The number of benzene rings is 2. The normalized spacial score (nSPS) is 11.8. The molecule has 156 valence electrons. The zero-order valence-electron chi connectivity index (χ0n) is 17.0. The fourth-order valence-electron chi connectivity index (χ4n) is 3.06. The topological polar surface area (TPSA) is 99.5 Å². The van der Waals surface area contributed by atoms with E-state index in [1.807, 2.05) is 18.2 Å². The summed E-state index contributed by atoms with van der Waals surface area (Å²) in [6.07, 6.45) is 4.73. The molecule has 31 heavy (non-hydrogen) atoms. The number of hydrogen-bond acceptors (Lipinski definition) is 4. The number of H-pyrrole nitrogens is 1. The van der Waals surface area contributed by atoms with Crippen molar-refractivity contribution in [3.05, 3.63) is 119 Å². The van der Waals surface area contributed by atoms with Crippen molar-refractivity contribution in [3.63, 3.8) is 0 Å². The number of nitrogens with zero attached hydrogens (tertiary/aromatic N) is 2. The van der Waals surface area contributed by atoms with E-state index in [4.69, 9.17) is 0 Å². The Balaban J connectivity index is 2.12. The predicted molar refractivity (Wildman–Crippen MR) is 122 cm³/mol. The quantitative estimate of drug-likeness (QED) is 0.313. The molecule has 0 saturated heterocycles. The van der Waals surface area contributed by atoms with Crippen molar-refractivity contribution in [3.8, 4) is 5.75 Å².